The summed E-state index contributed by atoms with van der Waals surface area (Å²) < 4.78 is 1.02. The summed E-state index contributed by atoms with van der Waals surface area (Å²) >= 11 is 3.37. The average Bonchev–Trinajstić information content (AvgIpc) is 2.03. The molecule has 0 saturated heterocycles. The fraction of sp³-hybridized carbons (Fsp3) is 0.364. The summed E-state index contributed by atoms with van der Waals surface area (Å²) in [4.78, 5) is 11.7. The number of rotatable bonds is 2. The Labute approximate surface area is 87.3 Å². The lowest BCUT2D eigenvalue weighted by Gasteiger charge is -2.07. The minimum atomic E-state index is 0.0693. The Balaban J connectivity index is 3.09. The van der Waals surface area contributed by atoms with Crippen molar-refractivity contribution in [2.24, 2.45) is 5.92 Å². The van der Waals surface area contributed by atoms with Crippen molar-refractivity contribution in [3.63, 3.8) is 0 Å². The number of Topliss-reactive ketones (excluding diaryl/α,β-unsaturated/α-hetero) is 1. The first-order valence-corrected chi connectivity index (χ1v) is 5.12. The van der Waals surface area contributed by atoms with E-state index in [-0.39, 0.29) is 11.7 Å². The molecule has 0 N–H and O–H groups in total. The molecular formula is C11H13BrO. The first-order chi connectivity index (χ1) is 6.02. The summed E-state index contributed by atoms with van der Waals surface area (Å²) in [5.41, 5.74) is 1.87. The minimum Gasteiger partial charge on any atom is -0.294 e. The largest absolute Gasteiger partial charge is 0.294 e. The van der Waals surface area contributed by atoms with E-state index < -0.39 is 0 Å². The van der Waals surface area contributed by atoms with Crippen LogP contribution >= 0.6 is 15.9 Å². The Morgan fingerprint density at radius 3 is 2.46 bits per heavy atom. The fourth-order valence-corrected chi connectivity index (χ4v) is 1.69. The molecule has 0 heterocycles. The van der Waals surface area contributed by atoms with Crippen molar-refractivity contribution >= 4 is 21.7 Å². The molecule has 0 spiro atoms. The van der Waals surface area contributed by atoms with Gasteiger partial charge in [-0.2, -0.15) is 0 Å². The highest BCUT2D eigenvalue weighted by Crippen LogP contribution is 2.18. The smallest absolute Gasteiger partial charge is 0.165 e. The van der Waals surface area contributed by atoms with Gasteiger partial charge in [-0.3, -0.25) is 4.79 Å². The molecule has 0 aliphatic heterocycles. The zero-order valence-electron chi connectivity index (χ0n) is 8.10. The number of aryl methyl sites for hydroxylation is 1. The van der Waals surface area contributed by atoms with Gasteiger partial charge in [-0.25, -0.2) is 0 Å². The van der Waals surface area contributed by atoms with E-state index in [1.807, 2.05) is 39.0 Å². The molecule has 0 bridgehead atoms. The molecule has 0 aliphatic carbocycles. The Hall–Kier alpha value is -0.630. The third-order valence-electron chi connectivity index (χ3n) is 1.98. The van der Waals surface area contributed by atoms with Crippen LogP contribution in [0.5, 0.6) is 0 Å². The molecule has 1 nitrogen and oxygen atoms in total. The Morgan fingerprint density at radius 2 is 2.00 bits per heavy atom. The Kier molecular flexibility index (Phi) is 3.26. The van der Waals surface area contributed by atoms with Crippen molar-refractivity contribution in [2.45, 2.75) is 20.8 Å². The van der Waals surface area contributed by atoms with Gasteiger partial charge in [-0.15, -0.1) is 0 Å². The Morgan fingerprint density at radius 1 is 1.38 bits per heavy atom. The zero-order valence-corrected chi connectivity index (χ0v) is 9.68. The lowest BCUT2D eigenvalue weighted by molar-refractivity contribution is 0.0939. The molecule has 0 radical (unpaired) electrons. The van der Waals surface area contributed by atoms with Crippen molar-refractivity contribution in [3.8, 4) is 0 Å². The van der Waals surface area contributed by atoms with Crippen molar-refractivity contribution in [3.05, 3.63) is 33.8 Å². The number of carbonyl (C=O) groups excluding carboxylic acids is 1. The maximum Gasteiger partial charge on any atom is 0.165 e. The molecule has 0 aromatic heterocycles. The molecule has 1 aromatic rings. The standard InChI is InChI=1S/C11H13BrO/c1-7(2)11(13)10-5-4-9(12)6-8(10)3/h4-7H,1-3H3. The highest BCUT2D eigenvalue weighted by molar-refractivity contribution is 9.10. The molecule has 0 amide bonds. The van der Waals surface area contributed by atoms with Gasteiger partial charge in [0.1, 0.15) is 0 Å². The molecule has 0 saturated carbocycles. The van der Waals surface area contributed by atoms with E-state index >= 15 is 0 Å². The van der Waals surface area contributed by atoms with E-state index in [1.165, 1.54) is 0 Å². The fourth-order valence-electron chi connectivity index (χ4n) is 1.21. The molecule has 70 valence electrons. The number of benzene rings is 1. The summed E-state index contributed by atoms with van der Waals surface area (Å²) in [5.74, 6) is 0.282. The molecule has 13 heavy (non-hydrogen) atoms. The van der Waals surface area contributed by atoms with E-state index in [4.69, 9.17) is 0 Å². The van der Waals surface area contributed by atoms with Gasteiger partial charge in [0.15, 0.2) is 5.78 Å². The first kappa shape index (κ1) is 10.5. The maximum atomic E-state index is 11.7. The van der Waals surface area contributed by atoms with E-state index in [0.29, 0.717) is 0 Å². The van der Waals surface area contributed by atoms with Crippen LogP contribution in [0.3, 0.4) is 0 Å². The first-order valence-electron chi connectivity index (χ1n) is 4.32. The number of halogens is 1. The summed E-state index contributed by atoms with van der Waals surface area (Å²) in [6, 6.07) is 5.75. The second kappa shape index (κ2) is 4.05. The minimum absolute atomic E-state index is 0.0693. The monoisotopic (exact) mass is 240 g/mol. The highest BCUT2D eigenvalue weighted by atomic mass is 79.9. The predicted molar refractivity (Wildman–Crippen MR) is 58.0 cm³/mol. The predicted octanol–water partition coefficient (Wildman–Crippen LogP) is 3.60. The average molecular weight is 241 g/mol. The van der Waals surface area contributed by atoms with Crippen molar-refractivity contribution in [1.82, 2.24) is 0 Å². The van der Waals surface area contributed by atoms with Crippen LogP contribution in [-0.2, 0) is 0 Å². The number of hydrogen-bond acceptors (Lipinski definition) is 1. The van der Waals surface area contributed by atoms with E-state index in [9.17, 15) is 4.79 Å². The lowest BCUT2D eigenvalue weighted by atomic mass is 9.97. The third kappa shape index (κ3) is 2.41. The van der Waals surface area contributed by atoms with Crippen molar-refractivity contribution < 1.29 is 4.79 Å². The molecule has 0 fully saturated rings. The molecule has 0 unspecified atom stereocenters. The molecule has 1 rings (SSSR count). The van der Waals surface area contributed by atoms with Gasteiger partial charge >= 0.3 is 0 Å². The van der Waals surface area contributed by atoms with Crippen LogP contribution in [0, 0.1) is 12.8 Å². The van der Waals surface area contributed by atoms with Gasteiger partial charge in [-0.1, -0.05) is 35.8 Å². The van der Waals surface area contributed by atoms with Gasteiger partial charge in [0.2, 0.25) is 0 Å². The summed E-state index contributed by atoms with van der Waals surface area (Å²) in [6.45, 7) is 5.80. The van der Waals surface area contributed by atoms with Gasteiger partial charge in [0.25, 0.3) is 0 Å². The van der Waals surface area contributed by atoms with Crippen molar-refractivity contribution in [1.29, 1.82) is 0 Å². The number of ketones is 1. The normalized spacial score (nSPS) is 10.5. The number of carbonyl (C=O) groups is 1. The van der Waals surface area contributed by atoms with E-state index in [2.05, 4.69) is 15.9 Å². The quantitative estimate of drug-likeness (QED) is 0.723. The van der Waals surface area contributed by atoms with Gasteiger partial charge in [-0.05, 0) is 24.6 Å². The molecule has 0 aliphatic rings. The van der Waals surface area contributed by atoms with Crippen LogP contribution in [0.15, 0.2) is 22.7 Å². The van der Waals surface area contributed by atoms with Crippen molar-refractivity contribution in [2.75, 3.05) is 0 Å². The number of hydrogen-bond donors (Lipinski definition) is 0. The maximum absolute atomic E-state index is 11.7. The van der Waals surface area contributed by atoms with Crippen LogP contribution in [-0.4, -0.2) is 5.78 Å². The molecule has 2 heteroatoms. The summed E-state index contributed by atoms with van der Waals surface area (Å²) in [5, 5.41) is 0. The second-order valence-electron chi connectivity index (χ2n) is 3.48. The van der Waals surface area contributed by atoms with Gasteiger partial charge in [0, 0.05) is 16.0 Å². The summed E-state index contributed by atoms with van der Waals surface area (Å²) in [6.07, 6.45) is 0. The van der Waals surface area contributed by atoms with Crippen LogP contribution in [0.25, 0.3) is 0 Å². The molecular weight excluding hydrogens is 228 g/mol. The summed E-state index contributed by atoms with van der Waals surface area (Å²) in [7, 11) is 0. The highest BCUT2D eigenvalue weighted by Gasteiger charge is 2.12. The van der Waals surface area contributed by atoms with Crippen LogP contribution in [0.2, 0.25) is 0 Å². The third-order valence-corrected chi connectivity index (χ3v) is 2.47. The molecule has 0 atom stereocenters. The SMILES string of the molecule is Cc1cc(Br)ccc1C(=O)C(C)C. The van der Waals surface area contributed by atoms with E-state index in [1.54, 1.807) is 0 Å². The van der Waals surface area contributed by atoms with Gasteiger partial charge in [0.05, 0.1) is 0 Å². The second-order valence-corrected chi connectivity index (χ2v) is 4.39. The van der Waals surface area contributed by atoms with Crippen LogP contribution in [0.1, 0.15) is 29.8 Å². The van der Waals surface area contributed by atoms with Gasteiger partial charge < -0.3 is 0 Å². The topological polar surface area (TPSA) is 17.1 Å². The lowest BCUT2D eigenvalue weighted by Crippen LogP contribution is -2.08. The molecule has 1 aromatic carbocycles. The Bertz CT molecular complexity index is 329. The van der Waals surface area contributed by atoms with Crippen LogP contribution in [0.4, 0.5) is 0 Å². The zero-order chi connectivity index (χ0) is 10.0. The van der Waals surface area contributed by atoms with E-state index in [0.717, 1.165) is 15.6 Å². The van der Waals surface area contributed by atoms with Crippen LogP contribution < -0.4 is 0 Å².